The largest absolute Gasteiger partial charge is 0.332 e. The number of carbonyl (C=O) groups excluding carboxylic acids is 3. The highest BCUT2D eigenvalue weighted by Gasteiger charge is 2.44. The van der Waals surface area contributed by atoms with Gasteiger partial charge in [-0.1, -0.05) is 0 Å². The van der Waals surface area contributed by atoms with Crippen LogP contribution in [0.4, 0.5) is 4.79 Å². The highest BCUT2D eigenvalue weighted by Crippen LogP contribution is 2.26. The number of rotatable bonds is 2. The van der Waals surface area contributed by atoms with Gasteiger partial charge < -0.3 is 0 Å². The molecule has 0 spiro atoms. The Bertz CT molecular complexity index is 402. The number of hydrogen-bond acceptors (Lipinski definition) is 4. The summed E-state index contributed by atoms with van der Waals surface area (Å²) < 4.78 is 0. The maximum Gasteiger partial charge on any atom is 0.332 e. The monoisotopic (exact) mass is 237 g/mol. The van der Waals surface area contributed by atoms with Gasteiger partial charge in [-0.2, -0.15) is 0 Å². The van der Waals surface area contributed by atoms with Crippen LogP contribution in [0.15, 0.2) is 4.99 Å². The van der Waals surface area contributed by atoms with Crippen LogP contribution < -0.4 is 0 Å². The lowest BCUT2D eigenvalue weighted by molar-refractivity contribution is -0.144. The fraction of sp³-hybridized carbons (Fsp3) is 0.636. The Kier molecular flexibility index (Phi) is 2.73. The minimum Gasteiger partial charge on any atom is -0.290 e. The van der Waals surface area contributed by atoms with Crippen LogP contribution in [-0.2, 0) is 9.59 Å². The second-order valence-corrected chi connectivity index (χ2v) is 4.51. The van der Waals surface area contributed by atoms with Gasteiger partial charge in [0, 0.05) is 19.8 Å². The molecule has 0 aromatic heterocycles. The predicted octanol–water partition coefficient (Wildman–Crippen LogP) is 0.276. The number of amides is 4. The smallest absolute Gasteiger partial charge is 0.290 e. The Balaban J connectivity index is 2.28. The van der Waals surface area contributed by atoms with Crippen molar-refractivity contribution >= 4 is 23.6 Å². The third-order valence-electron chi connectivity index (χ3n) is 3.08. The molecule has 1 saturated carbocycles. The van der Waals surface area contributed by atoms with Gasteiger partial charge in [0.25, 0.3) is 0 Å². The van der Waals surface area contributed by atoms with Gasteiger partial charge in [0.15, 0.2) is 5.92 Å². The second kappa shape index (κ2) is 3.94. The zero-order chi connectivity index (χ0) is 12.7. The summed E-state index contributed by atoms with van der Waals surface area (Å²) in [6.07, 6.45) is 2.02. The Hall–Kier alpha value is -1.72. The average molecular weight is 237 g/mol. The van der Waals surface area contributed by atoms with Gasteiger partial charge in [0.2, 0.25) is 11.8 Å². The molecule has 1 heterocycles. The number of imide groups is 2. The minimum absolute atomic E-state index is 0.254. The molecule has 0 aromatic carbocycles. The van der Waals surface area contributed by atoms with Gasteiger partial charge in [0.05, 0.1) is 6.04 Å². The molecule has 6 nitrogen and oxygen atoms in total. The van der Waals surface area contributed by atoms with Crippen LogP contribution in [0.2, 0.25) is 0 Å². The van der Waals surface area contributed by atoms with Gasteiger partial charge in [-0.15, -0.1) is 0 Å². The van der Waals surface area contributed by atoms with E-state index >= 15 is 0 Å². The topological polar surface area (TPSA) is 70.1 Å². The molecule has 0 aromatic rings. The zero-order valence-electron chi connectivity index (χ0n) is 10.1. The molecule has 17 heavy (non-hydrogen) atoms. The van der Waals surface area contributed by atoms with Crippen LogP contribution in [0, 0.1) is 5.92 Å². The molecule has 1 aliphatic heterocycles. The van der Waals surface area contributed by atoms with E-state index in [1.165, 1.54) is 14.1 Å². The first-order chi connectivity index (χ1) is 7.93. The molecular weight excluding hydrogens is 222 g/mol. The fourth-order valence-electron chi connectivity index (χ4n) is 1.83. The Labute approximate surface area is 99.3 Å². The average Bonchev–Trinajstić information content (AvgIpc) is 3.08. The van der Waals surface area contributed by atoms with E-state index in [2.05, 4.69) is 4.99 Å². The minimum atomic E-state index is -0.928. The van der Waals surface area contributed by atoms with Crippen molar-refractivity contribution in [2.45, 2.75) is 25.8 Å². The van der Waals surface area contributed by atoms with E-state index in [-0.39, 0.29) is 6.04 Å². The van der Waals surface area contributed by atoms with E-state index in [1.807, 2.05) is 0 Å². The van der Waals surface area contributed by atoms with Crippen LogP contribution in [0.5, 0.6) is 0 Å². The molecule has 1 aliphatic carbocycles. The highest BCUT2D eigenvalue weighted by molar-refractivity contribution is 6.26. The molecule has 0 bridgehead atoms. The van der Waals surface area contributed by atoms with Crippen LogP contribution >= 0.6 is 0 Å². The van der Waals surface area contributed by atoms with Crippen molar-refractivity contribution in [2.75, 3.05) is 14.1 Å². The van der Waals surface area contributed by atoms with Gasteiger partial charge in [0.1, 0.15) is 0 Å². The third-order valence-corrected chi connectivity index (χ3v) is 3.08. The van der Waals surface area contributed by atoms with Gasteiger partial charge in [-0.3, -0.25) is 24.4 Å². The Morgan fingerprint density at radius 1 is 1.12 bits per heavy atom. The molecule has 0 N–H and O–H groups in total. The molecule has 2 rings (SSSR count). The summed E-state index contributed by atoms with van der Waals surface area (Å²) in [6, 6.07) is -0.334. The van der Waals surface area contributed by atoms with E-state index in [0.29, 0.717) is 5.71 Å². The van der Waals surface area contributed by atoms with Crippen LogP contribution in [-0.4, -0.2) is 53.5 Å². The summed E-state index contributed by atoms with van der Waals surface area (Å²) in [6.45, 7) is 1.68. The summed E-state index contributed by atoms with van der Waals surface area (Å²) in [7, 11) is 2.76. The van der Waals surface area contributed by atoms with E-state index < -0.39 is 23.8 Å². The van der Waals surface area contributed by atoms with Crippen molar-refractivity contribution < 1.29 is 14.4 Å². The number of urea groups is 1. The molecule has 2 fully saturated rings. The van der Waals surface area contributed by atoms with Crippen LogP contribution in [0.25, 0.3) is 0 Å². The lowest BCUT2D eigenvalue weighted by Crippen LogP contribution is -2.58. The standard InChI is InChI=1S/C11H15N3O3/c1-6(12-7-4-5-7)8-9(15)13(2)11(17)14(3)10(8)16/h7-8H,4-5H2,1-3H3. The Morgan fingerprint density at radius 2 is 1.59 bits per heavy atom. The zero-order valence-corrected chi connectivity index (χ0v) is 10.1. The van der Waals surface area contributed by atoms with Crippen molar-refractivity contribution in [1.82, 2.24) is 9.80 Å². The molecule has 0 radical (unpaired) electrons. The predicted molar refractivity (Wildman–Crippen MR) is 60.6 cm³/mol. The first kappa shape index (κ1) is 11.8. The summed E-state index contributed by atoms with van der Waals surface area (Å²) in [4.78, 5) is 41.6. The second-order valence-electron chi connectivity index (χ2n) is 4.51. The SMILES string of the molecule is CC(=NC1CC1)C1C(=O)N(C)C(=O)N(C)C1=O. The van der Waals surface area contributed by atoms with Gasteiger partial charge >= 0.3 is 6.03 Å². The third kappa shape index (κ3) is 1.94. The molecular formula is C11H15N3O3. The summed E-state index contributed by atoms with van der Waals surface area (Å²) in [5, 5.41) is 0. The normalized spacial score (nSPS) is 23.7. The van der Waals surface area contributed by atoms with E-state index in [4.69, 9.17) is 0 Å². The number of barbiturate groups is 1. The van der Waals surface area contributed by atoms with Crippen LogP contribution in [0.1, 0.15) is 19.8 Å². The first-order valence-electron chi connectivity index (χ1n) is 5.57. The van der Waals surface area contributed by atoms with Crippen molar-refractivity contribution in [3.63, 3.8) is 0 Å². The number of hydrogen-bond donors (Lipinski definition) is 0. The molecule has 1 saturated heterocycles. The maximum atomic E-state index is 11.9. The Morgan fingerprint density at radius 3 is 2.00 bits per heavy atom. The summed E-state index contributed by atoms with van der Waals surface area (Å²) in [5.74, 6) is -1.90. The summed E-state index contributed by atoms with van der Waals surface area (Å²) >= 11 is 0. The fourth-order valence-corrected chi connectivity index (χ4v) is 1.83. The molecule has 0 unspecified atom stereocenters. The van der Waals surface area contributed by atoms with Crippen molar-refractivity contribution in [1.29, 1.82) is 0 Å². The van der Waals surface area contributed by atoms with Crippen LogP contribution in [0.3, 0.4) is 0 Å². The van der Waals surface area contributed by atoms with Crippen molar-refractivity contribution in [3.8, 4) is 0 Å². The maximum absolute atomic E-state index is 11.9. The molecule has 2 aliphatic rings. The van der Waals surface area contributed by atoms with Gasteiger partial charge in [-0.05, 0) is 19.8 Å². The number of aliphatic imine (C=N–C) groups is 1. The van der Waals surface area contributed by atoms with E-state index in [1.54, 1.807) is 6.92 Å². The van der Waals surface area contributed by atoms with Gasteiger partial charge in [-0.25, -0.2) is 4.79 Å². The molecule has 92 valence electrons. The number of carbonyl (C=O) groups is 3. The molecule has 6 heteroatoms. The first-order valence-corrected chi connectivity index (χ1v) is 5.57. The van der Waals surface area contributed by atoms with E-state index in [9.17, 15) is 14.4 Å². The quantitative estimate of drug-likeness (QED) is 0.511. The van der Waals surface area contributed by atoms with Crippen molar-refractivity contribution in [3.05, 3.63) is 0 Å². The number of nitrogens with zero attached hydrogens (tertiary/aromatic N) is 3. The van der Waals surface area contributed by atoms with E-state index in [0.717, 1.165) is 22.6 Å². The molecule has 4 amide bonds. The highest BCUT2D eigenvalue weighted by atomic mass is 16.2. The summed E-state index contributed by atoms with van der Waals surface area (Å²) in [5.41, 5.74) is 0.508. The lowest BCUT2D eigenvalue weighted by Gasteiger charge is -2.32. The lowest BCUT2D eigenvalue weighted by atomic mass is 9.99. The van der Waals surface area contributed by atoms with Crippen molar-refractivity contribution in [2.24, 2.45) is 10.9 Å². The molecule has 0 atom stereocenters.